The molecule has 0 fully saturated rings. The van der Waals surface area contributed by atoms with Crippen LogP contribution < -0.4 is 9.47 Å². The van der Waals surface area contributed by atoms with Crippen molar-refractivity contribution in [2.24, 2.45) is 11.0 Å². The lowest BCUT2D eigenvalue weighted by atomic mass is 9.85. The summed E-state index contributed by atoms with van der Waals surface area (Å²) in [5.74, 6) is 2.12. The average molecular weight is 320 g/mol. The fraction of sp³-hybridized carbons (Fsp3) is 0.350. The number of hydrogen-bond donors (Lipinski definition) is 0. The van der Waals surface area contributed by atoms with E-state index in [1.807, 2.05) is 6.07 Å². The van der Waals surface area contributed by atoms with Gasteiger partial charge >= 0.3 is 0 Å². The molecule has 0 amide bonds. The van der Waals surface area contributed by atoms with Gasteiger partial charge in [-0.1, -0.05) is 30.3 Å². The van der Waals surface area contributed by atoms with Gasteiger partial charge in [0.1, 0.15) is 0 Å². The lowest BCUT2D eigenvalue weighted by molar-refractivity contribution is 0.173. The SMILES string of the molecule is CN1N=C2c3ccccc3CCC[C@@H]2[C@H]1c1ccc2c(c1)OCO2. The molecule has 122 valence electrons. The van der Waals surface area contributed by atoms with Crippen LogP contribution in [0.4, 0.5) is 0 Å². The van der Waals surface area contributed by atoms with Crippen molar-refractivity contribution >= 4 is 5.71 Å². The fourth-order valence-electron chi connectivity index (χ4n) is 4.31. The molecule has 0 N–H and O–H groups in total. The van der Waals surface area contributed by atoms with Crippen molar-refractivity contribution < 1.29 is 9.47 Å². The van der Waals surface area contributed by atoms with Gasteiger partial charge in [-0.3, -0.25) is 5.01 Å². The zero-order valence-corrected chi connectivity index (χ0v) is 13.7. The minimum atomic E-state index is 0.264. The monoisotopic (exact) mass is 320 g/mol. The zero-order chi connectivity index (χ0) is 16.1. The highest BCUT2D eigenvalue weighted by molar-refractivity contribution is 6.05. The van der Waals surface area contributed by atoms with Crippen molar-refractivity contribution in [2.75, 3.05) is 13.8 Å². The van der Waals surface area contributed by atoms with Crippen LogP contribution in [0.2, 0.25) is 0 Å². The third-order valence-corrected chi connectivity index (χ3v) is 5.39. The van der Waals surface area contributed by atoms with Gasteiger partial charge in [0.15, 0.2) is 11.5 Å². The van der Waals surface area contributed by atoms with Crippen molar-refractivity contribution in [1.29, 1.82) is 0 Å². The van der Waals surface area contributed by atoms with E-state index in [1.54, 1.807) is 0 Å². The summed E-state index contributed by atoms with van der Waals surface area (Å²) in [7, 11) is 2.08. The zero-order valence-electron chi connectivity index (χ0n) is 13.7. The molecule has 0 saturated carbocycles. The topological polar surface area (TPSA) is 34.1 Å². The van der Waals surface area contributed by atoms with E-state index in [2.05, 4.69) is 48.5 Å². The summed E-state index contributed by atoms with van der Waals surface area (Å²) in [6.45, 7) is 0.317. The van der Waals surface area contributed by atoms with Crippen molar-refractivity contribution in [3.05, 3.63) is 59.2 Å². The van der Waals surface area contributed by atoms with Crippen LogP contribution in [0.25, 0.3) is 0 Å². The molecule has 0 unspecified atom stereocenters. The molecule has 4 heteroatoms. The maximum atomic E-state index is 5.57. The quantitative estimate of drug-likeness (QED) is 0.802. The Kier molecular flexibility index (Phi) is 3.05. The summed E-state index contributed by atoms with van der Waals surface area (Å²) in [5, 5.41) is 7.07. The highest BCUT2D eigenvalue weighted by Crippen LogP contribution is 2.44. The molecule has 5 rings (SSSR count). The molecule has 4 nitrogen and oxygen atoms in total. The van der Waals surface area contributed by atoms with Crippen LogP contribution in [0.3, 0.4) is 0 Å². The minimum absolute atomic E-state index is 0.264. The van der Waals surface area contributed by atoms with Crippen molar-refractivity contribution in [2.45, 2.75) is 25.3 Å². The summed E-state index contributed by atoms with van der Waals surface area (Å²) in [4.78, 5) is 0. The van der Waals surface area contributed by atoms with E-state index in [4.69, 9.17) is 14.6 Å². The highest BCUT2D eigenvalue weighted by Gasteiger charge is 2.39. The Morgan fingerprint density at radius 3 is 2.92 bits per heavy atom. The number of aryl methyl sites for hydroxylation is 1. The van der Waals surface area contributed by atoms with E-state index in [1.165, 1.54) is 28.8 Å². The number of rotatable bonds is 1. The maximum Gasteiger partial charge on any atom is 0.231 e. The molecular weight excluding hydrogens is 300 g/mol. The van der Waals surface area contributed by atoms with Crippen LogP contribution in [0, 0.1) is 5.92 Å². The first-order chi connectivity index (χ1) is 11.8. The van der Waals surface area contributed by atoms with Crippen molar-refractivity contribution in [3.63, 3.8) is 0 Å². The molecule has 3 aliphatic rings. The number of hydrogen-bond acceptors (Lipinski definition) is 4. The van der Waals surface area contributed by atoms with Gasteiger partial charge in [0.2, 0.25) is 6.79 Å². The fourth-order valence-corrected chi connectivity index (χ4v) is 4.31. The normalized spacial score (nSPS) is 24.2. The largest absolute Gasteiger partial charge is 0.454 e. The molecule has 0 radical (unpaired) electrons. The van der Waals surface area contributed by atoms with E-state index in [0.29, 0.717) is 12.7 Å². The Balaban J connectivity index is 1.56. The molecular formula is C20H20N2O2. The Morgan fingerprint density at radius 2 is 1.96 bits per heavy atom. The summed E-state index contributed by atoms with van der Waals surface area (Å²) in [6.07, 6.45) is 3.51. The lowest BCUT2D eigenvalue weighted by Gasteiger charge is -2.25. The molecule has 0 spiro atoms. The molecule has 0 saturated heterocycles. The van der Waals surface area contributed by atoms with Crippen LogP contribution in [0.1, 0.15) is 35.6 Å². The van der Waals surface area contributed by atoms with E-state index < -0.39 is 0 Å². The molecule has 1 aliphatic carbocycles. The Hall–Kier alpha value is -2.49. The summed E-state index contributed by atoms with van der Waals surface area (Å²) in [6, 6.07) is 15.3. The Morgan fingerprint density at radius 1 is 1.08 bits per heavy atom. The molecule has 0 aromatic heterocycles. The predicted octanol–water partition coefficient (Wildman–Crippen LogP) is 3.76. The predicted molar refractivity (Wildman–Crippen MR) is 92.5 cm³/mol. The summed E-state index contributed by atoms with van der Waals surface area (Å²) < 4.78 is 11.0. The van der Waals surface area contributed by atoms with Crippen molar-refractivity contribution in [3.8, 4) is 11.5 Å². The average Bonchev–Trinajstić information content (AvgIpc) is 3.14. The molecule has 2 aromatic rings. The number of fused-ring (bicyclic) bond motifs is 4. The van der Waals surface area contributed by atoms with Crippen LogP contribution >= 0.6 is 0 Å². The maximum absolute atomic E-state index is 5.57. The molecule has 2 heterocycles. The first kappa shape index (κ1) is 13.9. The van der Waals surface area contributed by atoms with E-state index in [0.717, 1.165) is 24.3 Å². The van der Waals surface area contributed by atoms with Gasteiger partial charge in [-0.15, -0.1) is 0 Å². The smallest absolute Gasteiger partial charge is 0.231 e. The summed E-state index contributed by atoms with van der Waals surface area (Å²) in [5.41, 5.74) is 5.26. The first-order valence-electron chi connectivity index (χ1n) is 8.60. The number of nitrogens with zero attached hydrogens (tertiary/aromatic N) is 2. The van der Waals surface area contributed by atoms with Crippen LogP contribution in [0.15, 0.2) is 47.6 Å². The van der Waals surface area contributed by atoms with E-state index >= 15 is 0 Å². The molecule has 0 bridgehead atoms. The van der Waals surface area contributed by atoms with Gasteiger partial charge in [-0.25, -0.2) is 0 Å². The lowest BCUT2D eigenvalue weighted by Crippen LogP contribution is -2.23. The van der Waals surface area contributed by atoms with E-state index in [-0.39, 0.29) is 6.04 Å². The van der Waals surface area contributed by atoms with E-state index in [9.17, 15) is 0 Å². The van der Waals surface area contributed by atoms with Crippen LogP contribution in [-0.4, -0.2) is 24.6 Å². The standard InChI is InChI=1S/C20H20N2O2/c1-22-20(14-9-10-17-18(11-14)24-12-23-17)16-8-4-6-13-5-2-3-7-15(13)19(16)21-22/h2-3,5,7,9-11,16,20H,4,6,8,12H2,1H3/t16-,20+/m0/s1. The van der Waals surface area contributed by atoms with Crippen molar-refractivity contribution in [1.82, 2.24) is 5.01 Å². The third kappa shape index (κ3) is 2.02. The minimum Gasteiger partial charge on any atom is -0.454 e. The number of ether oxygens (including phenoxy) is 2. The molecule has 24 heavy (non-hydrogen) atoms. The second-order valence-corrected chi connectivity index (χ2v) is 6.77. The Labute approximate surface area is 141 Å². The molecule has 2 atom stereocenters. The highest BCUT2D eigenvalue weighted by atomic mass is 16.7. The van der Waals surface area contributed by atoms with Gasteiger partial charge in [-0.2, -0.15) is 5.10 Å². The second-order valence-electron chi connectivity index (χ2n) is 6.77. The van der Waals surface area contributed by atoms with Gasteiger partial charge in [0.25, 0.3) is 0 Å². The van der Waals surface area contributed by atoms with Gasteiger partial charge in [0, 0.05) is 18.5 Å². The third-order valence-electron chi connectivity index (χ3n) is 5.39. The van der Waals surface area contributed by atoms with Gasteiger partial charge < -0.3 is 9.47 Å². The van der Waals surface area contributed by atoms with Gasteiger partial charge in [-0.05, 0) is 42.5 Å². The Bertz CT molecular complexity index is 830. The number of hydrazone groups is 1. The van der Waals surface area contributed by atoms with Crippen LogP contribution in [-0.2, 0) is 6.42 Å². The molecule has 2 aliphatic heterocycles. The molecule has 2 aromatic carbocycles. The first-order valence-corrected chi connectivity index (χ1v) is 8.60. The second kappa shape index (κ2) is 5.26. The summed E-state index contributed by atoms with van der Waals surface area (Å²) >= 11 is 0. The van der Waals surface area contributed by atoms with Gasteiger partial charge in [0.05, 0.1) is 11.8 Å². The van der Waals surface area contributed by atoms with Crippen LogP contribution in [0.5, 0.6) is 11.5 Å². The number of benzene rings is 2.